The lowest BCUT2D eigenvalue weighted by atomic mass is 10.1. The monoisotopic (exact) mass is 327 g/mol. The van der Waals surface area contributed by atoms with E-state index in [2.05, 4.69) is 15.6 Å². The fourth-order valence-electron chi connectivity index (χ4n) is 2.09. The molecule has 0 spiro atoms. The van der Waals surface area contributed by atoms with Crippen molar-refractivity contribution < 1.29 is 14.3 Å². The fourth-order valence-corrected chi connectivity index (χ4v) is 2.25. The zero-order valence-electron chi connectivity index (χ0n) is 13.0. The van der Waals surface area contributed by atoms with Crippen LogP contribution in [0.25, 0.3) is 0 Å². The molecule has 1 aromatic rings. The SMILES string of the molecule is CC(C)(C)OC(=O)NCC(NC(=O)c1cc(Cl)c[nH]1)C1CC1. The third-order valence-corrected chi connectivity index (χ3v) is 3.48. The van der Waals surface area contributed by atoms with E-state index in [0.717, 1.165) is 12.8 Å². The van der Waals surface area contributed by atoms with Crippen molar-refractivity contribution in [2.24, 2.45) is 5.92 Å². The molecule has 0 aliphatic heterocycles. The highest BCUT2D eigenvalue weighted by Crippen LogP contribution is 2.32. The predicted octanol–water partition coefficient (Wildman–Crippen LogP) is 2.70. The predicted molar refractivity (Wildman–Crippen MR) is 84.0 cm³/mol. The molecule has 1 aromatic heterocycles. The minimum Gasteiger partial charge on any atom is -0.444 e. The first-order valence-corrected chi connectivity index (χ1v) is 7.74. The Morgan fingerprint density at radius 1 is 1.45 bits per heavy atom. The molecule has 1 aliphatic rings. The molecular weight excluding hydrogens is 306 g/mol. The van der Waals surface area contributed by atoms with E-state index >= 15 is 0 Å². The summed E-state index contributed by atoms with van der Waals surface area (Å²) < 4.78 is 5.19. The van der Waals surface area contributed by atoms with Crippen LogP contribution in [0.15, 0.2) is 12.3 Å². The van der Waals surface area contributed by atoms with Crippen LogP contribution in [0.5, 0.6) is 0 Å². The van der Waals surface area contributed by atoms with Gasteiger partial charge < -0.3 is 20.4 Å². The van der Waals surface area contributed by atoms with Crippen LogP contribution in [-0.2, 0) is 4.74 Å². The van der Waals surface area contributed by atoms with E-state index in [1.54, 1.807) is 12.3 Å². The number of rotatable bonds is 5. The average Bonchev–Trinajstić information content (AvgIpc) is 3.14. The van der Waals surface area contributed by atoms with Gasteiger partial charge in [-0.15, -0.1) is 0 Å². The second kappa shape index (κ2) is 6.60. The van der Waals surface area contributed by atoms with E-state index in [4.69, 9.17) is 16.3 Å². The molecule has 2 amide bonds. The maximum atomic E-state index is 12.1. The van der Waals surface area contributed by atoms with E-state index in [1.165, 1.54) is 0 Å². The molecule has 0 bridgehead atoms. The number of carbonyl (C=O) groups is 2. The first kappa shape index (κ1) is 16.7. The molecule has 7 heteroatoms. The Hall–Kier alpha value is -1.69. The summed E-state index contributed by atoms with van der Waals surface area (Å²) in [7, 11) is 0. The highest BCUT2D eigenvalue weighted by Gasteiger charge is 2.33. The van der Waals surface area contributed by atoms with Gasteiger partial charge in [-0.25, -0.2) is 4.79 Å². The van der Waals surface area contributed by atoms with Gasteiger partial charge in [0.25, 0.3) is 5.91 Å². The summed E-state index contributed by atoms with van der Waals surface area (Å²) in [4.78, 5) is 26.6. The number of carbonyl (C=O) groups excluding carboxylic acids is 2. The molecule has 6 nitrogen and oxygen atoms in total. The molecule has 0 saturated heterocycles. The summed E-state index contributed by atoms with van der Waals surface area (Å²) in [6.45, 7) is 5.77. The molecule has 22 heavy (non-hydrogen) atoms. The van der Waals surface area contributed by atoms with Gasteiger partial charge in [0.15, 0.2) is 0 Å². The van der Waals surface area contributed by atoms with Crippen molar-refractivity contribution in [3.63, 3.8) is 0 Å². The van der Waals surface area contributed by atoms with Crippen molar-refractivity contribution in [3.05, 3.63) is 23.0 Å². The Morgan fingerprint density at radius 3 is 2.64 bits per heavy atom. The Morgan fingerprint density at radius 2 is 2.14 bits per heavy atom. The van der Waals surface area contributed by atoms with E-state index in [9.17, 15) is 9.59 Å². The maximum absolute atomic E-state index is 12.1. The van der Waals surface area contributed by atoms with Crippen LogP contribution in [0, 0.1) is 5.92 Å². The lowest BCUT2D eigenvalue weighted by Crippen LogP contribution is -2.46. The van der Waals surface area contributed by atoms with Crippen LogP contribution in [0.4, 0.5) is 4.79 Å². The number of hydrogen-bond acceptors (Lipinski definition) is 3. The fraction of sp³-hybridized carbons (Fsp3) is 0.600. The van der Waals surface area contributed by atoms with Crippen molar-refractivity contribution in [1.82, 2.24) is 15.6 Å². The Bertz CT molecular complexity index is 546. The van der Waals surface area contributed by atoms with Crippen LogP contribution >= 0.6 is 11.6 Å². The molecular formula is C15H22ClN3O3. The Labute approximate surface area is 134 Å². The number of alkyl carbamates (subject to hydrolysis) is 1. The maximum Gasteiger partial charge on any atom is 0.407 e. The quantitative estimate of drug-likeness (QED) is 0.777. The zero-order valence-corrected chi connectivity index (χ0v) is 13.8. The van der Waals surface area contributed by atoms with E-state index < -0.39 is 11.7 Å². The number of nitrogens with one attached hydrogen (secondary N) is 3. The molecule has 1 saturated carbocycles. The van der Waals surface area contributed by atoms with Crippen LogP contribution < -0.4 is 10.6 Å². The van der Waals surface area contributed by atoms with Crippen molar-refractivity contribution in [2.75, 3.05) is 6.54 Å². The Balaban J connectivity index is 1.85. The molecule has 1 atom stereocenters. The largest absolute Gasteiger partial charge is 0.444 e. The molecule has 1 fully saturated rings. The molecule has 1 heterocycles. The number of ether oxygens (including phenoxy) is 1. The normalized spacial score (nSPS) is 16.0. The summed E-state index contributed by atoms with van der Waals surface area (Å²) in [6.07, 6.45) is 3.18. The number of aromatic nitrogens is 1. The smallest absolute Gasteiger partial charge is 0.407 e. The van der Waals surface area contributed by atoms with Gasteiger partial charge in [-0.3, -0.25) is 4.79 Å². The number of amides is 2. The summed E-state index contributed by atoms with van der Waals surface area (Å²) in [5.41, 5.74) is -0.128. The van der Waals surface area contributed by atoms with Gasteiger partial charge in [0.1, 0.15) is 11.3 Å². The first-order chi connectivity index (χ1) is 10.2. The van der Waals surface area contributed by atoms with Crippen molar-refractivity contribution in [3.8, 4) is 0 Å². The third kappa shape index (κ3) is 5.26. The third-order valence-electron chi connectivity index (χ3n) is 3.27. The summed E-state index contributed by atoms with van der Waals surface area (Å²) in [5.74, 6) is 0.166. The topological polar surface area (TPSA) is 83.2 Å². The van der Waals surface area contributed by atoms with Gasteiger partial charge in [-0.1, -0.05) is 11.6 Å². The van der Waals surface area contributed by atoms with Crippen molar-refractivity contribution in [1.29, 1.82) is 0 Å². The van der Waals surface area contributed by atoms with Gasteiger partial charge in [0, 0.05) is 18.8 Å². The number of H-pyrrole nitrogens is 1. The molecule has 122 valence electrons. The number of halogens is 1. The molecule has 1 unspecified atom stereocenters. The van der Waals surface area contributed by atoms with Crippen LogP contribution in [0.1, 0.15) is 44.1 Å². The van der Waals surface area contributed by atoms with Crippen LogP contribution in [-0.4, -0.2) is 35.2 Å². The highest BCUT2D eigenvalue weighted by molar-refractivity contribution is 6.30. The van der Waals surface area contributed by atoms with Gasteiger partial charge in [0.05, 0.1) is 5.02 Å². The van der Waals surface area contributed by atoms with Gasteiger partial charge in [-0.05, 0) is 45.6 Å². The summed E-state index contributed by atoms with van der Waals surface area (Å²) in [5, 5.41) is 6.12. The van der Waals surface area contributed by atoms with Crippen LogP contribution in [0.3, 0.4) is 0 Å². The summed E-state index contributed by atoms with van der Waals surface area (Å²) >= 11 is 5.80. The highest BCUT2D eigenvalue weighted by atomic mass is 35.5. The zero-order chi connectivity index (χ0) is 16.3. The number of aromatic amines is 1. The second-order valence-corrected chi connectivity index (χ2v) is 6.97. The minimum absolute atomic E-state index is 0.109. The molecule has 2 rings (SSSR count). The summed E-state index contributed by atoms with van der Waals surface area (Å²) in [6, 6.07) is 1.46. The number of hydrogen-bond donors (Lipinski definition) is 3. The lowest BCUT2D eigenvalue weighted by molar-refractivity contribution is 0.0518. The second-order valence-electron chi connectivity index (χ2n) is 6.53. The molecule has 1 aliphatic carbocycles. The van der Waals surface area contributed by atoms with Crippen molar-refractivity contribution >= 4 is 23.6 Å². The molecule has 0 radical (unpaired) electrons. The minimum atomic E-state index is -0.538. The van der Waals surface area contributed by atoms with E-state index in [0.29, 0.717) is 23.2 Å². The average molecular weight is 328 g/mol. The van der Waals surface area contributed by atoms with Crippen LogP contribution in [0.2, 0.25) is 5.02 Å². The Kier molecular flexibility index (Phi) is 5.01. The first-order valence-electron chi connectivity index (χ1n) is 7.36. The standard InChI is InChI=1S/C15H22ClN3O3/c1-15(2,3)22-14(21)18-8-12(9-4-5-9)19-13(20)11-6-10(16)7-17-11/h6-7,9,12,17H,4-5,8H2,1-3H3,(H,18,21)(H,19,20). The van der Waals surface area contributed by atoms with Gasteiger partial charge in [0.2, 0.25) is 0 Å². The van der Waals surface area contributed by atoms with E-state index in [1.807, 2.05) is 20.8 Å². The molecule has 3 N–H and O–H groups in total. The van der Waals surface area contributed by atoms with Gasteiger partial charge in [-0.2, -0.15) is 0 Å². The van der Waals surface area contributed by atoms with Crippen molar-refractivity contribution in [2.45, 2.75) is 45.3 Å². The lowest BCUT2D eigenvalue weighted by Gasteiger charge is -2.22. The van der Waals surface area contributed by atoms with Gasteiger partial charge >= 0.3 is 6.09 Å². The molecule has 0 aromatic carbocycles. The van der Waals surface area contributed by atoms with E-state index in [-0.39, 0.29) is 11.9 Å².